The first-order valence-electron chi connectivity index (χ1n) is 6.17. The van der Waals surface area contributed by atoms with Crippen LogP contribution in [-0.4, -0.2) is 27.8 Å². The van der Waals surface area contributed by atoms with E-state index < -0.39 is 0 Å². The molecule has 6 heteroatoms. The Morgan fingerprint density at radius 3 is 2.70 bits per heavy atom. The highest BCUT2D eigenvalue weighted by Crippen LogP contribution is 2.18. The van der Waals surface area contributed by atoms with E-state index in [9.17, 15) is 4.79 Å². The Morgan fingerprint density at radius 1 is 1.35 bits per heavy atom. The van der Waals surface area contributed by atoms with Crippen molar-refractivity contribution in [3.63, 3.8) is 0 Å². The largest absolute Gasteiger partial charge is 0.465 e. The van der Waals surface area contributed by atoms with Crippen molar-refractivity contribution in [3.8, 4) is 0 Å². The van der Waals surface area contributed by atoms with Gasteiger partial charge in [-0.3, -0.25) is 4.68 Å². The van der Waals surface area contributed by atoms with E-state index in [1.807, 2.05) is 23.0 Å². The maximum absolute atomic E-state index is 11.3. The number of aromatic nitrogens is 3. The zero-order valence-electron chi connectivity index (χ0n) is 12.0. The summed E-state index contributed by atoms with van der Waals surface area (Å²) in [7, 11) is 1.36. The standard InChI is InChI=1S/C14H17N3O2S/c1-14(2,3)17-9-10(7-16-17)5-6-12-15-8-11(20-12)13(18)19-4/h5-9H,1-4H3/b6-5-. The highest BCUT2D eigenvalue weighted by molar-refractivity contribution is 7.14. The fourth-order valence-electron chi connectivity index (χ4n) is 1.52. The third kappa shape index (κ3) is 3.33. The predicted molar refractivity (Wildman–Crippen MR) is 79.6 cm³/mol. The lowest BCUT2D eigenvalue weighted by molar-refractivity contribution is 0.0606. The molecular formula is C14H17N3O2S. The Morgan fingerprint density at radius 2 is 2.10 bits per heavy atom. The Labute approximate surface area is 121 Å². The van der Waals surface area contributed by atoms with Gasteiger partial charge in [-0.15, -0.1) is 11.3 Å². The van der Waals surface area contributed by atoms with Gasteiger partial charge in [0.2, 0.25) is 0 Å². The minimum Gasteiger partial charge on any atom is -0.465 e. The van der Waals surface area contributed by atoms with E-state index in [-0.39, 0.29) is 11.5 Å². The van der Waals surface area contributed by atoms with E-state index in [1.165, 1.54) is 24.6 Å². The van der Waals surface area contributed by atoms with Crippen molar-refractivity contribution in [2.45, 2.75) is 26.3 Å². The fraction of sp³-hybridized carbons (Fsp3) is 0.357. The summed E-state index contributed by atoms with van der Waals surface area (Å²) in [5.74, 6) is -0.359. The monoisotopic (exact) mass is 291 g/mol. The van der Waals surface area contributed by atoms with Crippen LogP contribution >= 0.6 is 11.3 Å². The van der Waals surface area contributed by atoms with E-state index in [0.29, 0.717) is 4.88 Å². The van der Waals surface area contributed by atoms with Crippen LogP contribution in [0.2, 0.25) is 0 Å². The van der Waals surface area contributed by atoms with Crippen LogP contribution in [0, 0.1) is 0 Å². The maximum Gasteiger partial charge on any atom is 0.349 e. The number of nitrogens with zero attached hydrogens (tertiary/aromatic N) is 3. The molecule has 0 aliphatic rings. The summed E-state index contributed by atoms with van der Waals surface area (Å²) < 4.78 is 6.56. The summed E-state index contributed by atoms with van der Waals surface area (Å²) in [5, 5.41) is 5.08. The van der Waals surface area contributed by atoms with Crippen molar-refractivity contribution in [2.24, 2.45) is 0 Å². The molecule has 106 valence electrons. The number of carbonyl (C=O) groups is 1. The molecule has 0 spiro atoms. The molecule has 2 heterocycles. The average molecular weight is 291 g/mol. The van der Waals surface area contributed by atoms with Crippen LogP contribution in [0.15, 0.2) is 18.6 Å². The lowest BCUT2D eigenvalue weighted by Gasteiger charge is -2.18. The summed E-state index contributed by atoms with van der Waals surface area (Å²) in [4.78, 5) is 16.0. The number of hydrogen-bond donors (Lipinski definition) is 0. The van der Waals surface area contributed by atoms with Crippen molar-refractivity contribution in [1.82, 2.24) is 14.8 Å². The van der Waals surface area contributed by atoms with E-state index >= 15 is 0 Å². The van der Waals surface area contributed by atoms with Crippen LogP contribution in [0.5, 0.6) is 0 Å². The topological polar surface area (TPSA) is 57.0 Å². The molecule has 0 fully saturated rings. The van der Waals surface area contributed by atoms with Crippen LogP contribution in [0.4, 0.5) is 0 Å². The van der Waals surface area contributed by atoms with Crippen LogP contribution in [0.3, 0.4) is 0 Å². The minimum atomic E-state index is -0.359. The van der Waals surface area contributed by atoms with E-state index in [2.05, 4.69) is 35.6 Å². The number of esters is 1. The SMILES string of the molecule is COC(=O)c1cnc(/C=C\c2cnn(C(C)(C)C)c2)s1. The normalized spacial score (nSPS) is 12.0. The summed E-state index contributed by atoms with van der Waals surface area (Å²) in [6.45, 7) is 6.28. The Balaban J connectivity index is 2.11. The molecule has 0 radical (unpaired) electrons. The van der Waals surface area contributed by atoms with Gasteiger partial charge in [0.1, 0.15) is 9.88 Å². The molecular weight excluding hydrogens is 274 g/mol. The van der Waals surface area contributed by atoms with Gasteiger partial charge < -0.3 is 4.74 Å². The summed E-state index contributed by atoms with van der Waals surface area (Å²) in [5.41, 5.74) is 0.959. The van der Waals surface area contributed by atoms with Gasteiger partial charge in [-0.2, -0.15) is 5.10 Å². The maximum atomic E-state index is 11.3. The zero-order chi connectivity index (χ0) is 14.8. The Hall–Kier alpha value is -1.95. The molecule has 0 bridgehead atoms. The molecule has 0 atom stereocenters. The van der Waals surface area contributed by atoms with Crippen LogP contribution in [-0.2, 0) is 10.3 Å². The summed E-state index contributed by atoms with van der Waals surface area (Å²) in [6, 6.07) is 0. The van der Waals surface area contributed by atoms with Crippen molar-refractivity contribution < 1.29 is 9.53 Å². The van der Waals surface area contributed by atoms with Gasteiger partial charge in [0.05, 0.1) is 25.0 Å². The first-order valence-corrected chi connectivity index (χ1v) is 6.99. The van der Waals surface area contributed by atoms with E-state index in [1.54, 1.807) is 6.20 Å². The third-order valence-corrected chi connectivity index (χ3v) is 3.56. The second-order valence-electron chi connectivity index (χ2n) is 5.28. The molecule has 0 saturated heterocycles. The van der Waals surface area contributed by atoms with Gasteiger partial charge in [-0.05, 0) is 32.9 Å². The van der Waals surface area contributed by atoms with Crippen molar-refractivity contribution in [2.75, 3.05) is 7.11 Å². The number of ether oxygens (including phenoxy) is 1. The number of methoxy groups -OCH3 is 1. The minimum absolute atomic E-state index is 0.0364. The summed E-state index contributed by atoms with van der Waals surface area (Å²) >= 11 is 1.30. The second kappa shape index (κ2) is 5.58. The van der Waals surface area contributed by atoms with E-state index in [0.717, 1.165) is 10.6 Å². The first-order chi connectivity index (χ1) is 9.40. The molecule has 0 aromatic carbocycles. The van der Waals surface area contributed by atoms with Gasteiger partial charge in [0.15, 0.2) is 0 Å². The molecule has 0 amide bonds. The number of hydrogen-bond acceptors (Lipinski definition) is 5. The zero-order valence-corrected chi connectivity index (χ0v) is 12.8. The molecule has 0 aliphatic heterocycles. The van der Waals surface area contributed by atoms with Gasteiger partial charge in [0.25, 0.3) is 0 Å². The Bertz CT molecular complexity index is 635. The lowest BCUT2D eigenvalue weighted by Crippen LogP contribution is -2.21. The van der Waals surface area contributed by atoms with Gasteiger partial charge in [-0.25, -0.2) is 9.78 Å². The fourth-order valence-corrected chi connectivity index (χ4v) is 2.26. The predicted octanol–water partition coefficient (Wildman–Crippen LogP) is 3.05. The molecule has 2 aromatic heterocycles. The van der Waals surface area contributed by atoms with Crippen LogP contribution in [0.25, 0.3) is 12.2 Å². The van der Waals surface area contributed by atoms with Gasteiger partial charge in [-0.1, -0.05) is 0 Å². The lowest BCUT2D eigenvalue weighted by atomic mass is 10.1. The molecule has 20 heavy (non-hydrogen) atoms. The molecule has 0 unspecified atom stereocenters. The molecule has 0 saturated carbocycles. The van der Waals surface area contributed by atoms with Crippen molar-refractivity contribution in [3.05, 3.63) is 34.0 Å². The average Bonchev–Trinajstić information content (AvgIpc) is 3.03. The molecule has 0 aliphatic carbocycles. The number of thiazole rings is 1. The first kappa shape index (κ1) is 14.5. The smallest absolute Gasteiger partial charge is 0.349 e. The van der Waals surface area contributed by atoms with Gasteiger partial charge in [0, 0.05) is 11.8 Å². The molecule has 5 nitrogen and oxygen atoms in total. The highest BCUT2D eigenvalue weighted by Gasteiger charge is 2.13. The van der Waals surface area contributed by atoms with Crippen molar-refractivity contribution in [1.29, 1.82) is 0 Å². The third-order valence-electron chi connectivity index (χ3n) is 2.62. The Kier molecular flexibility index (Phi) is 4.04. The molecule has 2 rings (SSSR count). The van der Waals surface area contributed by atoms with Crippen molar-refractivity contribution >= 4 is 29.5 Å². The summed E-state index contributed by atoms with van der Waals surface area (Å²) in [6.07, 6.45) is 9.09. The molecule has 2 aromatic rings. The van der Waals surface area contributed by atoms with Gasteiger partial charge >= 0.3 is 5.97 Å². The van der Waals surface area contributed by atoms with Crippen LogP contribution in [0.1, 0.15) is 41.0 Å². The number of rotatable bonds is 3. The second-order valence-corrected chi connectivity index (χ2v) is 6.34. The van der Waals surface area contributed by atoms with E-state index in [4.69, 9.17) is 0 Å². The number of carbonyl (C=O) groups excluding carboxylic acids is 1. The van der Waals surface area contributed by atoms with Crippen LogP contribution < -0.4 is 0 Å². The quantitative estimate of drug-likeness (QED) is 0.816. The molecule has 0 N–H and O–H groups in total. The highest BCUT2D eigenvalue weighted by atomic mass is 32.1.